The third-order valence-electron chi connectivity index (χ3n) is 3.78. The first kappa shape index (κ1) is 15.0. The number of carboxylic acids is 1. The van der Waals surface area contributed by atoms with E-state index >= 15 is 0 Å². The average molecular weight is 256 g/mol. The van der Waals surface area contributed by atoms with E-state index in [4.69, 9.17) is 5.11 Å². The standard InChI is InChI=1S/C13H24N2O3/c1-4-15(3)6-5-14-12(16)10-7-9(2)8-11(10)13(17)18/h9-11H,4-8H2,1-3H3,(H,14,16)(H,17,18). The van der Waals surface area contributed by atoms with E-state index in [0.29, 0.717) is 25.3 Å². The van der Waals surface area contributed by atoms with Gasteiger partial charge in [-0.15, -0.1) is 0 Å². The molecule has 5 nitrogen and oxygen atoms in total. The summed E-state index contributed by atoms with van der Waals surface area (Å²) >= 11 is 0. The Hall–Kier alpha value is -1.10. The fraction of sp³-hybridized carbons (Fsp3) is 0.846. The summed E-state index contributed by atoms with van der Waals surface area (Å²) in [5.41, 5.74) is 0. The minimum absolute atomic E-state index is 0.101. The number of likely N-dealkylation sites (N-methyl/N-ethyl adjacent to an activating group) is 1. The topological polar surface area (TPSA) is 69.6 Å². The Kier molecular flexibility index (Phi) is 5.59. The van der Waals surface area contributed by atoms with Gasteiger partial charge in [0.15, 0.2) is 0 Å². The first-order chi connectivity index (χ1) is 8.45. The van der Waals surface area contributed by atoms with Gasteiger partial charge < -0.3 is 15.3 Å². The Bertz CT molecular complexity index is 307. The normalized spacial score (nSPS) is 27.4. The molecule has 3 unspecified atom stereocenters. The molecule has 1 saturated carbocycles. The molecule has 18 heavy (non-hydrogen) atoms. The van der Waals surface area contributed by atoms with Crippen molar-refractivity contribution in [1.29, 1.82) is 0 Å². The van der Waals surface area contributed by atoms with Crippen molar-refractivity contribution >= 4 is 11.9 Å². The average Bonchev–Trinajstić information content (AvgIpc) is 2.71. The molecule has 104 valence electrons. The predicted molar refractivity (Wildman–Crippen MR) is 69.2 cm³/mol. The molecular weight excluding hydrogens is 232 g/mol. The lowest BCUT2D eigenvalue weighted by atomic mass is 9.95. The predicted octanol–water partition coefficient (Wildman–Crippen LogP) is 0.801. The van der Waals surface area contributed by atoms with Crippen LogP contribution in [0.1, 0.15) is 26.7 Å². The molecule has 1 aliphatic carbocycles. The van der Waals surface area contributed by atoms with E-state index in [1.165, 1.54) is 0 Å². The summed E-state index contributed by atoms with van der Waals surface area (Å²) in [5.74, 6) is -1.49. The van der Waals surface area contributed by atoms with Crippen molar-refractivity contribution < 1.29 is 14.7 Å². The van der Waals surface area contributed by atoms with E-state index in [-0.39, 0.29) is 11.8 Å². The maximum absolute atomic E-state index is 12.0. The number of carbonyl (C=O) groups excluding carboxylic acids is 1. The highest BCUT2D eigenvalue weighted by molar-refractivity contribution is 5.85. The number of rotatable bonds is 6. The van der Waals surface area contributed by atoms with Crippen LogP contribution < -0.4 is 5.32 Å². The number of nitrogens with zero attached hydrogens (tertiary/aromatic N) is 1. The number of hydrogen-bond donors (Lipinski definition) is 2. The first-order valence-electron chi connectivity index (χ1n) is 6.64. The van der Waals surface area contributed by atoms with E-state index < -0.39 is 11.9 Å². The summed E-state index contributed by atoms with van der Waals surface area (Å²) in [7, 11) is 1.99. The SMILES string of the molecule is CCN(C)CCNC(=O)C1CC(C)CC1C(=O)O. The zero-order chi connectivity index (χ0) is 13.7. The van der Waals surface area contributed by atoms with Gasteiger partial charge in [-0.05, 0) is 32.4 Å². The second-order valence-corrected chi connectivity index (χ2v) is 5.31. The maximum atomic E-state index is 12.0. The molecular formula is C13H24N2O3. The van der Waals surface area contributed by atoms with Crippen LogP contribution in [0.4, 0.5) is 0 Å². The Labute approximate surface area is 109 Å². The summed E-state index contributed by atoms with van der Waals surface area (Å²) < 4.78 is 0. The Morgan fingerprint density at radius 2 is 1.94 bits per heavy atom. The quantitative estimate of drug-likeness (QED) is 0.737. The first-order valence-corrected chi connectivity index (χ1v) is 6.64. The van der Waals surface area contributed by atoms with Gasteiger partial charge in [0.2, 0.25) is 5.91 Å². The lowest BCUT2D eigenvalue weighted by Gasteiger charge is -2.18. The lowest BCUT2D eigenvalue weighted by Crippen LogP contribution is -2.39. The van der Waals surface area contributed by atoms with Crippen molar-refractivity contribution in [2.75, 3.05) is 26.7 Å². The number of hydrogen-bond acceptors (Lipinski definition) is 3. The van der Waals surface area contributed by atoms with E-state index in [1.54, 1.807) is 0 Å². The van der Waals surface area contributed by atoms with Crippen LogP contribution >= 0.6 is 0 Å². The molecule has 0 saturated heterocycles. The maximum Gasteiger partial charge on any atom is 0.307 e. The molecule has 0 spiro atoms. The molecule has 0 bridgehead atoms. The number of aliphatic carboxylic acids is 1. The fourth-order valence-corrected chi connectivity index (χ4v) is 2.51. The van der Waals surface area contributed by atoms with Gasteiger partial charge in [0, 0.05) is 13.1 Å². The van der Waals surface area contributed by atoms with Crippen molar-refractivity contribution in [3.63, 3.8) is 0 Å². The molecule has 0 aromatic carbocycles. The Balaban J connectivity index is 2.43. The summed E-state index contributed by atoms with van der Waals surface area (Å²) in [6, 6.07) is 0. The minimum atomic E-state index is -0.842. The summed E-state index contributed by atoms with van der Waals surface area (Å²) in [5, 5.41) is 12.0. The highest BCUT2D eigenvalue weighted by Crippen LogP contribution is 2.36. The minimum Gasteiger partial charge on any atom is -0.481 e. The van der Waals surface area contributed by atoms with Gasteiger partial charge in [-0.2, -0.15) is 0 Å². The highest BCUT2D eigenvalue weighted by Gasteiger charge is 2.40. The van der Waals surface area contributed by atoms with Crippen LogP contribution in [0.15, 0.2) is 0 Å². The molecule has 5 heteroatoms. The highest BCUT2D eigenvalue weighted by atomic mass is 16.4. The Morgan fingerprint density at radius 1 is 1.33 bits per heavy atom. The van der Waals surface area contributed by atoms with Crippen LogP contribution in [0, 0.1) is 17.8 Å². The van der Waals surface area contributed by atoms with Gasteiger partial charge in [0.1, 0.15) is 0 Å². The van der Waals surface area contributed by atoms with E-state index in [9.17, 15) is 9.59 Å². The molecule has 0 radical (unpaired) electrons. The van der Waals surface area contributed by atoms with Crippen molar-refractivity contribution in [2.24, 2.45) is 17.8 Å². The van der Waals surface area contributed by atoms with Crippen LogP contribution in [0.5, 0.6) is 0 Å². The van der Waals surface area contributed by atoms with Crippen LogP contribution in [-0.2, 0) is 9.59 Å². The molecule has 0 aliphatic heterocycles. The largest absolute Gasteiger partial charge is 0.481 e. The van der Waals surface area contributed by atoms with E-state index in [2.05, 4.69) is 17.1 Å². The summed E-state index contributed by atoms with van der Waals surface area (Å²) in [4.78, 5) is 25.2. The van der Waals surface area contributed by atoms with E-state index in [1.807, 2.05) is 14.0 Å². The van der Waals surface area contributed by atoms with Gasteiger partial charge in [-0.3, -0.25) is 9.59 Å². The second-order valence-electron chi connectivity index (χ2n) is 5.31. The van der Waals surface area contributed by atoms with Gasteiger partial charge in [0.25, 0.3) is 0 Å². The second kappa shape index (κ2) is 6.73. The molecule has 2 N–H and O–H groups in total. The van der Waals surface area contributed by atoms with Gasteiger partial charge in [-0.25, -0.2) is 0 Å². The van der Waals surface area contributed by atoms with Crippen LogP contribution in [0.2, 0.25) is 0 Å². The lowest BCUT2D eigenvalue weighted by molar-refractivity contribution is -0.146. The molecule has 1 aliphatic rings. The van der Waals surface area contributed by atoms with Crippen LogP contribution in [-0.4, -0.2) is 48.6 Å². The van der Waals surface area contributed by atoms with Crippen molar-refractivity contribution in [1.82, 2.24) is 10.2 Å². The number of amides is 1. The molecule has 0 aromatic heterocycles. The number of carboxylic acid groups (broad SMARTS) is 1. The van der Waals surface area contributed by atoms with Gasteiger partial charge in [-0.1, -0.05) is 13.8 Å². The van der Waals surface area contributed by atoms with Gasteiger partial charge in [0.05, 0.1) is 11.8 Å². The van der Waals surface area contributed by atoms with Crippen LogP contribution in [0.25, 0.3) is 0 Å². The monoisotopic (exact) mass is 256 g/mol. The van der Waals surface area contributed by atoms with Crippen molar-refractivity contribution in [3.05, 3.63) is 0 Å². The number of carbonyl (C=O) groups is 2. The fourth-order valence-electron chi connectivity index (χ4n) is 2.51. The Morgan fingerprint density at radius 3 is 2.50 bits per heavy atom. The zero-order valence-electron chi connectivity index (χ0n) is 11.5. The third-order valence-corrected chi connectivity index (χ3v) is 3.78. The molecule has 0 heterocycles. The number of nitrogens with one attached hydrogen (secondary N) is 1. The summed E-state index contributed by atoms with van der Waals surface area (Å²) in [6.45, 7) is 6.38. The smallest absolute Gasteiger partial charge is 0.307 e. The molecule has 0 aromatic rings. The molecule has 3 atom stereocenters. The van der Waals surface area contributed by atoms with Crippen molar-refractivity contribution in [3.8, 4) is 0 Å². The molecule has 1 fully saturated rings. The molecule has 1 amide bonds. The van der Waals surface area contributed by atoms with Crippen molar-refractivity contribution in [2.45, 2.75) is 26.7 Å². The summed E-state index contributed by atoms with van der Waals surface area (Å²) in [6.07, 6.45) is 1.30. The third kappa shape index (κ3) is 3.98. The molecule has 1 rings (SSSR count). The van der Waals surface area contributed by atoms with Gasteiger partial charge >= 0.3 is 5.97 Å². The van der Waals surface area contributed by atoms with Crippen LogP contribution in [0.3, 0.4) is 0 Å². The zero-order valence-corrected chi connectivity index (χ0v) is 11.5. The van der Waals surface area contributed by atoms with E-state index in [0.717, 1.165) is 13.1 Å².